The van der Waals surface area contributed by atoms with Crippen LogP contribution in [-0.2, 0) is 16.1 Å². The Hall–Kier alpha value is -3.85. The van der Waals surface area contributed by atoms with Crippen LogP contribution in [0.1, 0.15) is 23.8 Å². The molecule has 2 aliphatic rings. The molecule has 3 aromatic rings. The Labute approximate surface area is 197 Å². The number of hydrogen-bond acceptors (Lipinski definition) is 6. The summed E-state index contributed by atoms with van der Waals surface area (Å²) in [5, 5.41) is 7.63. The molecule has 2 amide bonds. The maximum absolute atomic E-state index is 13.9. The van der Waals surface area contributed by atoms with Gasteiger partial charge in [-0.15, -0.1) is 0 Å². The predicted octanol–water partition coefficient (Wildman–Crippen LogP) is 2.85. The van der Waals surface area contributed by atoms with Crippen LogP contribution in [0.25, 0.3) is 11.3 Å². The monoisotopic (exact) mass is 462 g/mol. The second-order valence-corrected chi connectivity index (χ2v) is 8.49. The van der Waals surface area contributed by atoms with Gasteiger partial charge in [-0.3, -0.25) is 19.2 Å². The molecule has 3 heterocycles. The molecular formula is C25H26N4O5. The summed E-state index contributed by atoms with van der Waals surface area (Å²) in [6.07, 6.45) is 0.668. The summed E-state index contributed by atoms with van der Waals surface area (Å²) in [4.78, 5) is 28.9. The summed E-state index contributed by atoms with van der Waals surface area (Å²) in [7, 11) is 1.62. The molecule has 0 saturated heterocycles. The van der Waals surface area contributed by atoms with Gasteiger partial charge in [-0.1, -0.05) is 30.3 Å². The highest BCUT2D eigenvalue weighted by molar-refractivity contribution is 6.12. The van der Waals surface area contributed by atoms with Crippen LogP contribution in [0.15, 0.2) is 54.6 Å². The van der Waals surface area contributed by atoms with Gasteiger partial charge < -0.3 is 19.5 Å². The van der Waals surface area contributed by atoms with Crippen LogP contribution < -0.4 is 19.7 Å². The van der Waals surface area contributed by atoms with Gasteiger partial charge in [-0.2, -0.15) is 5.10 Å². The van der Waals surface area contributed by atoms with Crippen molar-refractivity contribution in [1.82, 2.24) is 15.1 Å². The number of hydrogen-bond donors (Lipinski definition) is 1. The molecule has 5 rings (SSSR count). The van der Waals surface area contributed by atoms with Crippen LogP contribution >= 0.6 is 0 Å². The summed E-state index contributed by atoms with van der Waals surface area (Å²) < 4.78 is 17.7. The minimum atomic E-state index is -1.22. The Morgan fingerprint density at radius 1 is 1.15 bits per heavy atom. The van der Waals surface area contributed by atoms with Crippen LogP contribution in [0.4, 0.5) is 5.69 Å². The van der Waals surface area contributed by atoms with Crippen LogP contribution in [0, 0.1) is 0 Å². The van der Waals surface area contributed by atoms with Crippen molar-refractivity contribution in [3.05, 3.63) is 60.3 Å². The third kappa shape index (κ3) is 3.77. The Balaban J connectivity index is 1.55. The van der Waals surface area contributed by atoms with Gasteiger partial charge in [0.2, 0.25) is 12.7 Å². The van der Waals surface area contributed by atoms with Gasteiger partial charge in [0, 0.05) is 37.6 Å². The summed E-state index contributed by atoms with van der Waals surface area (Å²) in [5.41, 5.74) is 1.33. The Bertz CT molecular complexity index is 1230. The molecule has 1 N–H and O–H groups in total. The molecule has 0 spiro atoms. The molecular weight excluding hydrogens is 436 g/mol. The van der Waals surface area contributed by atoms with Gasteiger partial charge in [0.05, 0.1) is 12.2 Å². The maximum Gasteiger partial charge on any atom is 0.277 e. The molecule has 0 fully saturated rings. The van der Waals surface area contributed by atoms with Crippen molar-refractivity contribution in [3.8, 4) is 22.8 Å². The fourth-order valence-corrected chi connectivity index (χ4v) is 4.37. The van der Waals surface area contributed by atoms with E-state index >= 15 is 0 Å². The van der Waals surface area contributed by atoms with Gasteiger partial charge >= 0.3 is 0 Å². The maximum atomic E-state index is 13.9. The van der Waals surface area contributed by atoms with E-state index in [1.807, 2.05) is 30.3 Å². The first-order valence-corrected chi connectivity index (χ1v) is 11.2. The molecule has 0 bridgehead atoms. The van der Waals surface area contributed by atoms with Gasteiger partial charge in [0.25, 0.3) is 5.91 Å². The van der Waals surface area contributed by atoms with E-state index in [4.69, 9.17) is 14.2 Å². The topological polar surface area (TPSA) is 94.9 Å². The Morgan fingerprint density at radius 3 is 2.74 bits per heavy atom. The molecule has 9 heteroatoms. The number of aromatic nitrogens is 2. The van der Waals surface area contributed by atoms with E-state index in [0.717, 1.165) is 5.56 Å². The summed E-state index contributed by atoms with van der Waals surface area (Å²) >= 11 is 0. The predicted molar refractivity (Wildman–Crippen MR) is 125 cm³/mol. The van der Waals surface area contributed by atoms with Crippen molar-refractivity contribution >= 4 is 17.5 Å². The highest BCUT2D eigenvalue weighted by Gasteiger charge is 2.49. The minimum absolute atomic E-state index is 0.122. The molecule has 176 valence electrons. The molecule has 0 saturated carbocycles. The van der Waals surface area contributed by atoms with Crippen LogP contribution in [0.2, 0.25) is 0 Å². The van der Waals surface area contributed by atoms with Gasteiger partial charge in [0.15, 0.2) is 11.5 Å². The fourth-order valence-electron chi connectivity index (χ4n) is 4.37. The summed E-state index contributed by atoms with van der Waals surface area (Å²) in [6.45, 7) is 3.05. The van der Waals surface area contributed by atoms with E-state index in [-0.39, 0.29) is 25.2 Å². The highest BCUT2D eigenvalue weighted by Crippen LogP contribution is 2.40. The third-order valence-corrected chi connectivity index (χ3v) is 6.14. The molecule has 0 radical (unpaired) electrons. The molecule has 34 heavy (non-hydrogen) atoms. The normalized spacial score (nSPS) is 18.6. The van der Waals surface area contributed by atoms with E-state index in [9.17, 15) is 9.59 Å². The Morgan fingerprint density at radius 2 is 1.94 bits per heavy atom. The average Bonchev–Trinajstić information content (AvgIpc) is 3.49. The first-order chi connectivity index (χ1) is 16.5. The van der Waals surface area contributed by atoms with Crippen LogP contribution in [0.3, 0.4) is 0 Å². The minimum Gasteiger partial charge on any atom is -0.454 e. The van der Waals surface area contributed by atoms with Crippen LogP contribution in [0.5, 0.6) is 11.5 Å². The van der Waals surface area contributed by atoms with E-state index in [1.165, 1.54) is 4.90 Å². The number of carbonyl (C=O) groups excluding carboxylic acids is 2. The fraction of sp³-hybridized carbons (Fsp3) is 0.320. The van der Waals surface area contributed by atoms with Gasteiger partial charge in [0.1, 0.15) is 11.2 Å². The molecule has 1 aromatic heterocycles. The van der Waals surface area contributed by atoms with Gasteiger partial charge in [-0.25, -0.2) is 0 Å². The van der Waals surface area contributed by atoms with Gasteiger partial charge in [-0.05, 0) is 31.5 Å². The number of benzene rings is 2. The van der Waals surface area contributed by atoms with Crippen molar-refractivity contribution in [2.45, 2.75) is 25.4 Å². The number of methoxy groups -OCH3 is 1. The summed E-state index contributed by atoms with van der Waals surface area (Å²) in [5.74, 6) is 0.568. The Kier molecular flexibility index (Phi) is 5.70. The number of ether oxygens (including phenoxy) is 3. The zero-order valence-electron chi connectivity index (χ0n) is 19.1. The molecule has 0 aliphatic carbocycles. The zero-order chi connectivity index (χ0) is 23.7. The van der Waals surface area contributed by atoms with Crippen molar-refractivity contribution < 1.29 is 23.8 Å². The quantitative estimate of drug-likeness (QED) is 0.543. The smallest absolute Gasteiger partial charge is 0.277 e. The molecule has 0 unspecified atom stereocenters. The lowest BCUT2D eigenvalue weighted by molar-refractivity contribution is -0.126. The van der Waals surface area contributed by atoms with Crippen molar-refractivity contribution in [1.29, 1.82) is 0 Å². The first-order valence-electron chi connectivity index (χ1n) is 11.2. The average molecular weight is 463 g/mol. The SMILES string of the molecule is COCCCNC(=O)[C@]1(C)Cn2nc(-c3ccccc3)cc2C(=O)N1c1ccc2c(c1)OCO2. The number of fused-ring (bicyclic) bond motifs is 2. The lowest BCUT2D eigenvalue weighted by atomic mass is 9.93. The lowest BCUT2D eigenvalue weighted by Gasteiger charge is -2.43. The number of carbonyl (C=O) groups is 2. The molecule has 1 atom stereocenters. The van der Waals surface area contributed by atoms with E-state index < -0.39 is 5.54 Å². The third-order valence-electron chi connectivity index (χ3n) is 6.14. The molecule has 2 aromatic carbocycles. The van der Waals surface area contributed by atoms with Crippen molar-refractivity contribution in [2.75, 3.05) is 32.0 Å². The van der Waals surface area contributed by atoms with E-state index in [1.54, 1.807) is 43.0 Å². The number of rotatable bonds is 7. The molecule has 2 aliphatic heterocycles. The standard InChI is InChI=1S/C25H26N4O5/c1-25(24(31)26-11-6-12-32-2)15-28-20(14-19(27-28)17-7-4-3-5-8-17)23(30)29(25)18-9-10-21-22(13-18)34-16-33-21/h3-5,7-10,13-14H,6,11-12,15-16H2,1-2H3,(H,26,31)/t25-/m0/s1. The van der Waals surface area contributed by atoms with Crippen molar-refractivity contribution in [2.24, 2.45) is 0 Å². The number of anilines is 1. The largest absolute Gasteiger partial charge is 0.454 e. The molecule has 9 nitrogen and oxygen atoms in total. The number of nitrogens with one attached hydrogen (secondary N) is 1. The summed E-state index contributed by atoms with van der Waals surface area (Å²) in [6, 6.07) is 16.7. The number of nitrogens with zero attached hydrogens (tertiary/aromatic N) is 3. The highest BCUT2D eigenvalue weighted by atomic mass is 16.7. The van der Waals surface area contributed by atoms with Crippen LogP contribution in [-0.4, -0.2) is 54.2 Å². The number of amides is 2. The zero-order valence-corrected chi connectivity index (χ0v) is 19.1. The second-order valence-electron chi connectivity index (χ2n) is 8.49. The first kappa shape index (κ1) is 22.0. The van der Waals surface area contributed by atoms with Crippen molar-refractivity contribution in [3.63, 3.8) is 0 Å². The second kappa shape index (κ2) is 8.83. The lowest BCUT2D eigenvalue weighted by Crippen LogP contribution is -2.64. The van der Waals surface area contributed by atoms with E-state index in [0.29, 0.717) is 48.1 Å². The van der Waals surface area contributed by atoms with E-state index in [2.05, 4.69) is 10.4 Å².